The van der Waals surface area contributed by atoms with Gasteiger partial charge in [0.1, 0.15) is 6.07 Å². The number of allylic oxidation sites excluding steroid dienone is 2. The van der Waals surface area contributed by atoms with Crippen molar-refractivity contribution in [3.05, 3.63) is 47.3 Å². The third-order valence-corrected chi connectivity index (χ3v) is 7.87. The summed E-state index contributed by atoms with van der Waals surface area (Å²) in [7, 11) is 0. The van der Waals surface area contributed by atoms with E-state index in [9.17, 15) is 4.39 Å². The Kier molecular flexibility index (Phi) is 9.61. The largest absolute Gasteiger partial charge is 0.196 e. The number of rotatable bonds is 9. The second-order valence-corrected chi connectivity index (χ2v) is 9.86. The van der Waals surface area contributed by atoms with Gasteiger partial charge < -0.3 is 0 Å². The third kappa shape index (κ3) is 7.81. The normalized spacial score (nSPS) is 26.7. The standard InChI is InChI=1S/C28H37FN2/c29-28(21-31)7-3-6-24-14-18-27(19-15-24)26-16-12-23(13-17-26)5-2-1-4-22-8-10-25(20-30)11-9-22/h7-11,23-24,26-27H,1-6,12-19H2/b28-7-/t23-,24?,26-,27?. The van der Waals surface area contributed by atoms with Crippen molar-refractivity contribution in [1.82, 2.24) is 0 Å². The highest BCUT2D eigenvalue weighted by molar-refractivity contribution is 5.31. The molecule has 31 heavy (non-hydrogen) atoms. The monoisotopic (exact) mass is 420 g/mol. The van der Waals surface area contributed by atoms with Crippen LogP contribution in [-0.4, -0.2) is 0 Å². The van der Waals surface area contributed by atoms with Gasteiger partial charge in [-0.15, -0.1) is 0 Å². The molecule has 2 aliphatic carbocycles. The van der Waals surface area contributed by atoms with E-state index in [1.807, 2.05) is 12.1 Å². The Morgan fingerprint density at radius 1 is 0.839 bits per heavy atom. The van der Waals surface area contributed by atoms with Gasteiger partial charge in [0.25, 0.3) is 0 Å². The lowest BCUT2D eigenvalue weighted by molar-refractivity contribution is 0.140. The summed E-state index contributed by atoms with van der Waals surface area (Å²) < 4.78 is 12.9. The van der Waals surface area contributed by atoms with Crippen LogP contribution in [0.2, 0.25) is 0 Å². The van der Waals surface area contributed by atoms with E-state index in [1.165, 1.54) is 82.3 Å². The molecule has 0 atom stereocenters. The van der Waals surface area contributed by atoms with Crippen LogP contribution < -0.4 is 0 Å². The number of aryl methyl sites for hydroxylation is 1. The van der Waals surface area contributed by atoms with Crippen molar-refractivity contribution < 1.29 is 4.39 Å². The molecule has 3 heteroatoms. The van der Waals surface area contributed by atoms with Gasteiger partial charge >= 0.3 is 0 Å². The summed E-state index contributed by atoms with van der Waals surface area (Å²) >= 11 is 0. The summed E-state index contributed by atoms with van der Waals surface area (Å²) in [6.07, 6.45) is 19.3. The van der Waals surface area contributed by atoms with Gasteiger partial charge in [-0.05, 0) is 98.8 Å². The average Bonchev–Trinajstić information content (AvgIpc) is 2.83. The summed E-state index contributed by atoms with van der Waals surface area (Å²) in [4.78, 5) is 0. The van der Waals surface area contributed by atoms with Gasteiger partial charge in [-0.1, -0.05) is 50.7 Å². The summed E-state index contributed by atoms with van der Waals surface area (Å²) in [5.41, 5.74) is 2.10. The van der Waals surface area contributed by atoms with Crippen molar-refractivity contribution in [3.63, 3.8) is 0 Å². The minimum absolute atomic E-state index is 0.625. The van der Waals surface area contributed by atoms with Crippen molar-refractivity contribution in [2.24, 2.45) is 23.7 Å². The molecule has 3 rings (SSSR count). The van der Waals surface area contributed by atoms with Crippen LogP contribution in [0.4, 0.5) is 4.39 Å². The minimum atomic E-state index is -0.625. The summed E-state index contributed by atoms with van der Waals surface area (Å²) in [5.74, 6) is 2.88. The van der Waals surface area contributed by atoms with E-state index < -0.39 is 5.83 Å². The maximum Gasteiger partial charge on any atom is 0.196 e. The first kappa shape index (κ1) is 23.5. The van der Waals surface area contributed by atoms with Crippen LogP contribution in [0.25, 0.3) is 0 Å². The zero-order valence-corrected chi connectivity index (χ0v) is 18.9. The number of hydrogen-bond donors (Lipinski definition) is 0. The average molecular weight is 421 g/mol. The van der Waals surface area contributed by atoms with Crippen molar-refractivity contribution >= 4 is 0 Å². The van der Waals surface area contributed by atoms with Gasteiger partial charge in [0.2, 0.25) is 0 Å². The lowest BCUT2D eigenvalue weighted by Gasteiger charge is -2.38. The first-order valence-corrected chi connectivity index (χ1v) is 12.4. The molecule has 1 aromatic carbocycles. The maximum absolute atomic E-state index is 12.9. The van der Waals surface area contributed by atoms with Crippen molar-refractivity contribution in [2.45, 2.75) is 89.9 Å². The molecule has 0 heterocycles. The van der Waals surface area contributed by atoms with Crippen molar-refractivity contribution in [1.29, 1.82) is 10.5 Å². The van der Waals surface area contributed by atoms with Crippen LogP contribution >= 0.6 is 0 Å². The minimum Gasteiger partial charge on any atom is -0.195 e. The van der Waals surface area contributed by atoms with Gasteiger partial charge in [0.05, 0.1) is 11.6 Å². The molecule has 0 bridgehead atoms. The number of nitriles is 2. The molecule has 0 N–H and O–H groups in total. The third-order valence-electron chi connectivity index (χ3n) is 7.87. The van der Waals surface area contributed by atoms with E-state index in [1.54, 1.807) is 6.07 Å². The van der Waals surface area contributed by atoms with E-state index in [4.69, 9.17) is 10.5 Å². The number of halogens is 1. The molecular formula is C28H37FN2. The Labute approximate surface area is 188 Å². The summed E-state index contributed by atoms with van der Waals surface area (Å²) in [6, 6.07) is 11.8. The molecule has 0 amide bonds. The molecule has 166 valence electrons. The highest BCUT2D eigenvalue weighted by atomic mass is 19.1. The molecule has 0 aromatic heterocycles. The fourth-order valence-corrected chi connectivity index (χ4v) is 5.90. The molecule has 1 aromatic rings. The zero-order valence-electron chi connectivity index (χ0n) is 18.9. The molecule has 2 fully saturated rings. The van der Waals surface area contributed by atoms with Gasteiger partial charge in [-0.25, -0.2) is 0 Å². The topological polar surface area (TPSA) is 47.6 Å². The highest BCUT2D eigenvalue weighted by Crippen LogP contribution is 2.43. The first-order chi connectivity index (χ1) is 15.2. The highest BCUT2D eigenvalue weighted by Gasteiger charge is 2.30. The SMILES string of the molecule is N#C/C(F)=C/CCC1CCC([C@H]2CC[C@H](CCCCc3ccc(C#N)cc3)CC2)CC1. The first-order valence-electron chi connectivity index (χ1n) is 12.4. The Hall–Kier alpha value is -2.13. The second-order valence-electron chi connectivity index (χ2n) is 9.86. The van der Waals surface area contributed by atoms with Crippen LogP contribution in [0, 0.1) is 46.3 Å². The van der Waals surface area contributed by atoms with E-state index in [0.29, 0.717) is 6.42 Å². The van der Waals surface area contributed by atoms with Gasteiger partial charge in [-0.2, -0.15) is 14.9 Å². The lowest BCUT2D eigenvalue weighted by atomic mass is 9.68. The molecule has 0 unspecified atom stereocenters. The van der Waals surface area contributed by atoms with Crippen LogP contribution in [0.15, 0.2) is 36.2 Å². The van der Waals surface area contributed by atoms with Crippen LogP contribution in [0.1, 0.15) is 94.6 Å². The summed E-state index contributed by atoms with van der Waals surface area (Å²) in [6.45, 7) is 0. The molecule has 2 saturated carbocycles. The Morgan fingerprint density at radius 2 is 1.42 bits per heavy atom. The molecule has 0 radical (unpaired) electrons. The van der Waals surface area contributed by atoms with E-state index in [0.717, 1.165) is 42.1 Å². The summed E-state index contributed by atoms with van der Waals surface area (Å²) in [5, 5.41) is 17.4. The van der Waals surface area contributed by atoms with Crippen molar-refractivity contribution in [2.75, 3.05) is 0 Å². The van der Waals surface area contributed by atoms with E-state index in [2.05, 4.69) is 18.2 Å². The molecular weight excluding hydrogens is 383 g/mol. The smallest absolute Gasteiger partial charge is 0.195 e. The van der Waals surface area contributed by atoms with Crippen LogP contribution in [-0.2, 0) is 6.42 Å². The molecule has 2 aliphatic rings. The number of hydrogen-bond acceptors (Lipinski definition) is 2. The molecule has 0 saturated heterocycles. The van der Waals surface area contributed by atoms with E-state index >= 15 is 0 Å². The molecule has 0 spiro atoms. The predicted molar refractivity (Wildman–Crippen MR) is 124 cm³/mol. The molecule has 0 aliphatic heterocycles. The van der Waals surface area contributed by atoms with Gasteiger partial charge in [0.15, 0.2) is 5.83 Å². The number of unbranched alkanes of at least 4 members (excludes halogenated alkanes) is 1. The predicted octanol–water partition coefficient (Wildman–Crippen LogP) is 8.04. The lowest BCUT2D eigenvalue weighted by Crippen LogP contribution is -2.25. The number of nitrogens with zero attached hydrogens (tertiary/aromatic N) is 2. The van der Waals surface area contributed by atoms with Crippen LogP contribution in [0.5, 0.6) is 0 Å². The second kappa shape index (κ2) is 12.7. The Morgan fingerprint density at radius 3 is 1.97 bits per heavy atom. The van der Waals surface area contributed by atoms with Crippen LogP contribution in [0.3, 0.4) is 0 Å². The van der Waals surface area contributed by atoms with Gasteiger partial charge in [0, 0.05) is 0 Å². The molecule has 2 nitrogen and oxygen atoms in total. The van der Waals surface area contributed by atoms with E-state index in [-0.39, 0.29) is 0 Å². The Balaban J connectivity index is 1.26. The maximum atomic E-state index is 12.9. The quantitative estimate of drug-likeness (QED) is 0.300. The van der Waals surface area contributed by atoms with Crippen molar-refractivity contribution in [3.8, 4) is 12.1 Å². The number of benzene rings is 1. The fraction of sp³-hybridized carbons (Fsp3) is 0.643. The Bertz CT molecular complexity index is 767. The fourth-order valence-electron chi connectivity index (χ4n) is 5.90. The zero-order chi connectivity index (χ0) is 21.9. The van der Waals surface area contributed by atoms with Gasteiger partial charge in [-0.3, -0.25) is 0 Å².